The molecule has 0 radical (unpaired) electrons. The predicted octanol–water partition coefficient (Wildman–Crippen LogP) is 1.07. The van der Waals surface area contributed by atoms with E-state index in [1.165, 1.54) is 4.31 Å². The topological polar surface area (TPSA) is 102 Å². The first kappa shape index (κ1) is 15.1. The van der Waals surface area contributed by atoms with Gasteiger partial charge < -0.3 is 15.8 Å². The highest BCUT2D eigenvalue weighted by Crippen LogP contribution is 2.34. The molecule has 0 bridgehead atoms. The molecule has 0 spiro atoms. The Morgan fingerprint density at radius 2 is 2.23 bits per heavy atom. The van der Waals surface area contributed by atoms with E-state index in [-0.39, 0.29) is 17.4 Å². The van der Waals surface area contributed by atoms with Crippen LogP contribution in [-0.2, 0) is 14.8 Å². The lowest BCUT2D eigenvalue weighted by molar-refractivity contribution is 0.114. The van der Waals surface area contributed by atoms with Crippen molar-refractivity contribution in [1.82, 2.24) is 4.31 Å². The molecule has 7 nitrogen and oxygen atoms in total. The number of sulfonamides is 1. The molecule has 0 aliphatic carbocycles. The summed E-state index contributed by atoms with van der Waals surface area (Å²) in [6.45, 7) is 3.35. The average molecular weight is 325 g/mol. The van der Waals surface area contributed by atoms with Crippen LogP contribution in [0.25, 0.3) is 0 Å². The van der Waals surface area contributed by atoms with Crippen LogP contribution in [0, 0.1) is 0 Å². The van der Waals surface area contributed by atoms with Gasteiger partial charge in [-0.15, -0.1) is 0 Å². The number of carbonyl (C=O) groups is 1. The second kappa shape index (κ2) is 5.44. The Hall–Kier alpha value is -1.80. The lowest BCUT2D eigenvalue weighted by atomic mass is 10.0. The molecule has 8 heteroatoms. The van der Waals surface area contributed by atoms with Gasteiger partial charge in [-0.2, -0.15) is 4.31 Å². The van der Waals surface area contributed by atoms with Gasteiger partial charge in [-0.3, -0.25) is 0 Å². The molecule has 1 fully saturated rings. The van der Waals surface area contributed by atoms with Crippen LogP contribution >= 0.6 is 0 Å². The van der Waals surface area contributed by atoms with Gasteiger partial charge in [0.1, 0.15) is 6.10 Å². The van der Waals surface area contributed by atoms with Crippen LogP contribution in [0.15, 0.2) is 23.1 Å². The number of hydrogen-bond acceptors (Lipinski definition) is 5. The van der Waals surface area contributed by atoms with Gasteiger partial charge in [-0.1, -0.05) is 6.92 Å². The largest absolute Gasteiger partial charge is 0.445 e. The van der Waals surface area contributed by atoms with Crippen molar-refractivity contribution < 1.29 is 17.9 Å². The number of benzene rings is 1. The second-order valence-corrected chi connectivity index (χ2v) is 7.68. The quantitative estimate of drug-likeness (QED) is 0.865. The number of nitrogens with one attached hydrogen (secondary N) is 1. The van der Waals surface area contributed by atoms with E-state index in [1.54, 1.807) is 18.2 Å². The summed E-state index contributed by atoms with van der Waals surface area (Å²) in [5.74, 6) is 0.287. The molecule has 2 atom stereocenters. The molecule has 1 unspecified atom stereocenters. The van der Waals surface area contributed by atoms with E-state index >= 15 is 0 Å². The van der Waals surface area contributed by atoms with Crippen LogP contribution in [0.5, 0.6) is 0 Å². The summed E-state index contributed by atoms with van der Waals surface area (Å²) in [6, 6.07) is 5.15. The van der Waals surface area contributed by atoms with Crippen molar-refractivity contribution in [2.24, 2.45) is 5.73 Å². The van der Waals surface area contributed by atoms with Crippen LogP contribution in [0.4, 0.5) is 10.5 Å². The van der Waals surface area contributed by atoms with Crippen molar-refractivity contribution >= 4 is 21.8 Å². The standard InChI is InChI=1S/C14H19N3O4S/c1-9-7-16-13-3-2-11(6-12(9)13)22(19,20)17-5-4-10(8-17)21-14(15)18/h2-3,6,9-10,16H,4-5,7-8H2,1H3,(H2,15,18)/t9?,10-/m1/s1. The maximum Gasteiger partial charge on any atom is 0.404 e. The van der Waals surface area contributed by atoms with Gasteiger partial charge in [-0.25, -0.2) is 13.2 Å². The Labute approximate surface area is 129 Å². The smallest absolute Gasteiger partial charge is 0.404 e. The summed E-state index contributed by atoms with van der Waals surface area (Å²) in [6.07, 6.45) is -0.880. The maximum atomic E-state index is 12.7. The Morgan fingerprint density at radius 1 is 1.45 bits per heavy atom. The molecule has 22 heavy (non-hydrogen) atoms. The summed E-state index contributed by atoms with van der Waals surface area (Å²) in [7, 11) is -3.58. The zero-order valence-electron chi connectivity index (χ0n) is 12.3. The van der Waals surface area contributed by atoms with Gasteiger partial charge >= 0.3 is 6.09 Å². The van der Waals surface area contributed by atoms with Crippen molar-refractivity contribution in [2.75, 3.05) is 25.0 Å². The monoisotopic (exact) mass is 325 g/mol. The summed E-state index contributed by atoms with van der Waals surface area (Å²) in [4.78, 5) is 11.0. The van der Waals surface area contributed by atoms with Crippen molar-refractivity contribution in [3.05, 3.63) is 23.8 Å². The first-order chi connectivity index (χ1) is 10.4. The zero-order chi connectivity index (χ0) is 15.9. The fourth-order valence-electron chi connectivity index (χ4n) is 2.97. The Morgan fingerprint density at radius 3 is 2.95 bits per heavy atom. The number of amides is 1. The number of nitrogens with two attached hydrogens (primary N) is 1. The van der Waals surface area contributed by atoms with Crippen LogP contribution in [0.3, 0.4) is 0 Å². The molecule has 3 rings (SSSR count). The van der Waals surface area contributed by atoms with Crippen LogP contribution < -0.4 is 11.1 Å². The third kappa shape index (κ3) is 2.64. The first-order valence-corrected chi connectivity index (χ1v) is 8.66. The van der Waals surface area contributed by atoms with Gasteiger partial charge in [0, 0.05) is 24.7 Å². The minimum atomic E-state index is -3.58. The maximum absolute atomic E-state index is 12.7. The van der Waals surface area contributed by atoms with Gasteiger partial charge in [0.25, 0.3) is 0 Å². The van der Waals surface area contributed by atoms with Crippen LogP contribution in [0.2, 0.25) is 0 Å². The number of hydrogen-bond donors (Lipinski definition) is 2. The van der Waals surface area contributed by atoms with E-state index in [2.05, 4.69) is 12.2 Å². The molecule has 2 aliphatic heterocycles. The van der Waals surface area contributed by atoms with Gasteiger partial charge in [0.2, 0.25) is 10.0 Å². The van der Waals surface area contributed by atoms with E-state index in [0.29, 0.717) is 13.0 Å². The summed E-state index contributed by atoms with van der Waals surface area (Å²) < 4.78 is 31.6. The lowest BCUT2D eigenvalue weighted by Gasteiger charge is -2.17. The van der Waals surface area contributed by atoms with E-state index in [4.69, 9.17) is 10.5 Å². The van der Waals surface area contributed by atoms with Crippen molar-refractivity contribution in [3.8, 4) is 0 Å². The number of primary amides is 1. The number of carbonyl (C=O) groups excluding carboxylic acids is 1. The summed E-state index contributed by atoms with van der Waals surface area (Å²) in [5, 5.41) is 3.25. The number of nitrogens with zero attached hydrogens (tertiary/aromatic N) is 1. The summed E-state index contributed by atoms with van der Waals surface area (Å²) in [5.41, 5.74) is 6.99. The molecule has 0 aromatic heterocycles. The van der Waals surface area contributed by atoms with Gasteiger partial charge in [-0.05, 0) is 30.2 Å². The number of ether oxygens (including phenoxy) is 1. The lowest BCUT2D eigenvalue weighted by Crippen LogP contribution is -2.31. The highest BCUT2D eigenvalue weighted by Gasteiger charge is 2.35. The molecular weight excluding hydrogens is 306 g/mol. The molecule has 1 aromatic carbocycles. The number of rotatable bonds is 3. The van der Waals surface area contributed by atoms with E-state index in [9.17, 15) is 13.2 Å². The highest BCUT2D eigenvalue weighted by atomic mass is 32.2. The van der Waals surface area contributed by atoms with E-state index < -0.39 is 22.2 Å². The molecule has 0 saturated carbocycles. The van der Waals surface area contributed by atoms with Gasteiger partial charge in [0.15, 0.2) is 0 Å². The molecule has 2 heterocycles. The SMILES string of the molecule is CC1CNc2ccc(S(=O)(=O)N3CC[C@@H](OC(N)=O)C3)cc21. The van der Waals surface area contributed by atoms with Crippen molar-refractivity contribution in [1.29, 1.82) is 0 Å². The predicted molar refractivity (Wildman–Crippen MR) is 81.2 cm³/mol. The number of fused-ring (bicyclic) bond motifs is 1. The van der Waals surface area contributed by atoms with Crippen LogP contribution in [-0.4, -0.2) is 44.6 Å². The first-order valence-electron chi connectivity index (χ1n) is 7.22. The van der Waals surface area contributed by atoms with Crippen molar-refractivity contribution in [2.45, 2.75) is 30.3 Å². The molecule has 1 saturated heterocycles. The minimum Gasteiger partial charge on any atom is -0.445 e. The Balaban J connectivity index is 1.82. The average Bonchev–Trinajstić information content (AvgIpc) is 3.06. The van der Waals surface area contributed by atoms with Gasteiger partial charge in [0.05, 0.1) is 11.4 Å². The molecule has 2 aliphatic rings. The zero-order valence-corrected chi connectivity index (χ0v) is 13.1. The number of anilines is 1. The van der Waals surface area contributed by atoms with E-state index in [0.717, 1.165) is 17.8 Å². The minimum absolute atomic E-state index is 0.149. The molecule has 120 valence electrons. The fourth-order valence-corrected chi connectivity index (χ4v) is 4.49. The summed E-state index contributed by atoms with van der Waals surface area (Å²) >= 11 is 0. The van der Waals surface area contributed by atoms with Crippen molar-refractivity contribution in [3.63, 3.8) is 0 Å². The normalized spacial score (nSPS) is 24.8. The molecular formula is C14H19N3O4S. The Kier molecular flexibility index (Phi) is 3.73. The molecule has 1 amide bonds. The molecule has 1 aromatic rings. The second-order valence-electron chi connectivity index (χ2n) is 5.74. The third-order valence-corrected chi connectivity index (χ3v) is 6.04. The van der Waals surface area contributed by atoms with E-state index in [1.807, 2.05) is 0 Å². The third-order valence-electron chi connectivity index (χ3n) is 4.18. The fraction of sp³-hybridized carbons (Fsp3) is 0.500. The van der Waals surface area contributed by atoms with Crippen LogP contribution in [0.1, 0.15) is 24.8 Å². The Bertz CT molecular complexity index is 704. The molecule has 3 N–H and O–H groups in total. The highest BCUT2D eigenvalue weighted by molar-refractivity contribution is 7.89.